The molecule has 1 aromatic heterocycles. The topological polar surface area (TPSA) is 60.4 Å². The number of carbonyl (C=O) groups excluding carboxylic acids is 1. The summed E-state index contributed by atoms with van der Waals surface area (Å²) in [5, 5.41) is 0. The van der Waals surface area contributed by atoms with Crippen LogP contribution in [0.5, 0.6) is 0 Å². The van der Waals surface area contributed by atoms with Gasteiger partial charge in [-0.2, -0.15) is 0 Å². The second kappa shape index (κ2) is 7.21. The van der Waals surface area contributed by atoms with Crippen molar-refractivity contribution in [2.75, 3.05) is 12.4 Å². The number of ether oxygens (including phenoxy) is 1. The van der Waals surface area contributed by atoms with Crippen molar-refractivity contribution < 1.29 is 17.9 Å². The van der Waals surface area contributed by atoms with E-state index in [1.165, 1.54) is 11.3 Å². The summed E-state index contributed by atoms with van der Waals surface area (Å²) < 4.78 is 31.7. The highest BCUT2D eigenvalue weighted by Crippen LogP contribution is 2.55. The van der Waals surface area contributed by atoms with Crippen LogP contribution >= 0.6 is 27.3 Å². The number of hydrogen-bond donors (Lipinski definition) is 0. The second-order valence-electron chi connectivity index (χ2n) is 7.32. The van der Waals surface area contributed by atoms with E-state index >= 15 is 0 Å². The van der Waals surface area contributed by atoms with E-state index in [2.05, 4.69) is 35.6 Å². The Kier molecular flexibility index (Phi) is 6.05. The SMILES string of the molecule is CCOC(=O)C([C@]1(c2ccc(Br)s2)CCCCS1(=O)=O)[Si](C)(C)C. The van der Waals surface area contributed by atoms with E-state index in [1.807, 2.05) is 12.1 Å². The Morgan fingerprint density at radius 3 is 2.50 bits per heavy atom. The summed E-state index contributed by atoms with van der Waals surface area (Å²) >= 11 is 4.87. The molecule has 0 aromatic carbocycles. The first kappa shape index (κ1) is 20.1. The van der Waals surface area contributed by atoms with Crippen molar-refractivity contribution >= 4 is 51.1 Å². The van der Waals surface area contributed by atoms with Crippen LogP contribution in [-0.4, -0.2) is 34.8 Å². The summed E-state index contributed by atoms with van der Waals surface area (Å²) in [6.07, 6.45) is 1.98. The molecule has 1 fully saturated rings. The number of rotatable bonds is 5. The number of carbonyl (C=O) groups is 1. The Balaban J connectivity index is 2.74. The smallest absolute Gasteiger partial charge is 0.308 e. The normalized spacial score (nSPS) is 25.2. The van der Waals surface area contributed by atoms with Crippen LogP contribution in [0.4, 0.5) is 0 Å². The lowest BCUT2D eigenvalue weighted by molar-refractivity contribution is -0.144. The Bertz CT molecular complexity index is 708. The Morgan fingerprint density at radius 1 is 1.38 bits per heavy atom. The Labute approximate surface area is 158 Å². The largest absolute Gasteiger partial charge is 0.466 e. The zero-order valence-electron chi connectivity index (χ0n) is 14.6. The summed E-state index contributed by atoms with van der Waals surface area (Å²) in [7, 11) is -5.62. The van der Waals surface area contributed by atoms with Gasteiger partial charge in [0.05, 0.1) is 29.8 Å². The maximum atomic E-state index is 13.3. The van der Waals surface area contributed by atoms with Gasteiger partial charge in [-0.1, -0.05) is 26.1 Å². The van der Waals surface area contributed by atoms with Crippen LogP contribution in [0.2, 0.25) is 25.2 Å². The second-order valence-corrected chi connectivity index (χ2v) is 17.5. The molecule has 1 saturated heterocycles. The van der Waals surface area contributed by atoms with Crippen LogP contribution in [0.3, 0.4) is 0 Å². The molecule has 2 heterocycles. The van der Waals surface area contributed by atoms with Gasteiger partial charge in [0.15, 0.2) is 9.84 Å². The van der Waals surface area contributed by atoms with Gasteiger partial charge in [-0.15, -0.1) is 11.3 Å². The number of esters is 1. The fraction of sp³-hybridized carbons (Fsp3) is 0.688. The Morgan fingerprint density at radius 2 is 2.04 bits per heavy atom. The molecule has 136 valence electrons. The maximum absolute atomic E-state index is 13.3. The van der Waals surface area contributed by atoms with Crippen LogP contribution in [0.15, 0.2) is 15.9 Å². The molecule has 0 bridgehead atoms. The third-order valence-corrected chi connectivity index (χ3v) is 11.8. The maximum Gasteiger partial charge on any atom is 0.308 e. The van der Waals surface area contributed by atoms with Crippen molar-refractivity contribution in [2.24, 2.45) is 0 Å². The van der Waals surface area contributed by atoms with Crippen LogP contribution in [-0.2, 0) is 24.1 Å². The minimum Gasteiger partial charge on any atom is -0.466 e. The number of sulfone groups is 1. The number of thiophene rings is 1. The number of halogens is 1. The third kappa shape index (κ3) is 3.52. The van der Waals surface area contributed by atoms with Gasteiger partial charge in [0, 0.05) is 4.88 Å². The standard InChI is InChI=1S/C16H25BrO4S2Si/c1-5-21-15(18)14(24(2,3)4)16(12-8-9-13(17)22-12)10-6-7-11-23(16,19)20/h8-9,14H,5-7,10-11H2,1-4H3/t14?,16-/m1/s1. The molecule has 2 atom stereocenters. The Hall–Kier alpha value is -0.183. The fourth-order valence-corrected chi connectivity index (χ4v) is 12.2. The highest BCUT2D eigenvalue weighted by molar-refractivity contribution is 9.11. The molecular formula is C16H25BrO4S2Si. The minimum absolute atomic E-state index is 0.142. The summed E-state index contributed by atoms with van der Waals surface area (Å²) in [6.45, 7) is 8.21. The van der Waals surface area contributed by atoms with Crippen LogP contribution in [0.25, 0.3) is 0 Å². The van der Waals surface area contributed by atoms with E-state index in [-0.39, 0.29) is 18.3 Å². The first-order valence-corrected chi connectivity index (χ1v) is 15.0. The molecule has 0 saturated carbocycles. The number of hydrogen-bond acceptors (Lipinski definition) is 5. The van der Waals surface area contributed by atoms with Gasteiger partial charge in [0.2, 0.25) is 0 Å². The average molecular weight is 453 g/mol. The van der Waals surface area contributed by atoms with E-state index in [1.54, 1.807) is 6.92 Å². The summed E-state index contributed by atoms with van der Waals surface area (Å²) in [5.74, 6) is -0.213. The predicted octanol–water partition coefficient (Wildman–Crippen LogP) is 4.58. The summed E-state index contributed by atoms with van der Waals surface area (Å²) in [4.78, 5) is 13.7. The van der Waals surface area contributed by atoms with Crippen molar-refractivity contribution in [3.8, 4) is 0 Å². The van der Waals surface area contributed by atoms with E-state index in [0.717, 1.165) is 15.1 Å². The van der Waals surface area contributed by atoms with Crippen molar-refractivity contribution in [2.45, 2.75) is 56.1 Å². The lowest BCUT2D eigenvalue weighted by Gasteiger charge is -2.45. The van der Waals surface area contributed by atoms with E-state index < -0.39 is 28.2 Å². The zero-order chi connectivity index (χ0) is 18.2. The molecule has 1 unspecified atom stereocenters. The van der Waals surface area contributed by atoms with Crippen LogP contribution in [0, 0.1) is 0 Å². The van der Waals surface area contributed by atoms with Crippen LogP contribution < -0.4 is 0 Å². The van der Waals surface area contributed by atoms with Gasteiger partial charge in [0.25, 0.3) is 0 Å². The molecule has 0 aliphatic carbocycles. The van der Waals surface area contributed by atoms with E-state index in [9.17, 15) is 13.2 Å². The molecule has 1 aliphatic heterocycles. The van der Waals surface area contributed by atoms with Gasteiger partial charge in [-0.05, 0) is 47.8 Å². The first-order valence-electron chi connectivity index (χ1n) is 8.21. The van der Waals surface area contributed by atoms with Crippen molar-refractivity contribution in [3.05, 3.63) is 20.8 Å². The molecule has 0 N–H and O–H groups in total. The minimum atomic E-state index is -3.45. The van der Waals surface area contributed by atoms with Gasteiger partial charge in [-0.25, -0.2) is 8.42 Å². The molecule has 0 amide bonds. The van der Waals surface area contributed by atoms with Gasteiger partial charge < -0.3 is 4.74 Å². The molecule has 1 aromatic rings. The van der Waals surface area contributed by atoms with Gasteiger partial charge >= 0.3 is 5.97 Å². The monoisotopic (exact) mass is 452 g/mol. The predicted molar refractivity (Wildman–Crippen MR) is 105 cm³/mol. The average Bonchev–Trinajstić information content (AvgIpc) is 2.86. The summed E-state index contributed by atoms with van der Waals surface area (Å²) in [6, 6.07) is 3.74. The van der Waals surface area contributed by atoms with Crippen molar-refractivity contribution in [1.29, 1.82) is 0 Å². The molecule has 0 spiro atoms. The highest BCUT2D eigenvalue weighted by atomic mass is 79.9. The van der Waals surface area contributed by atoms with Crippen molar-refractivity contribution in [1.82, 2.24) is 0 Å². The molecule has 0 radical (unpaired) electrons. The molecule has 2 rings (SSSR count). The van der Waals surface area contributed by atoms with Crippen molar-refractivity contribution in [3.63, 3.8) is 0 Å². The van der Waals surface area contributed by atoms with E-state index in [4.69, 9.17) is 4.74 Å². The quantitative estimate of drug-likeness (QED) is 0.484. The highest BCUT2D eigenvalue weighted by Gasteiger charge is 2.60. The molecular weight excluding hydrogens is 428 g/mol. The van der Waals surface area contributed by atoms with Gasteiger partial charge in [-0.3, -0.25) is 4.79 Å². The zero-order valence-corrected chi connectivity index (χ0v) is 18.8. The fourth-order valence-electron chi connectivity index (χ4n) is 3.77. The van der Waals surface area contributed by atoms with Crippen LogP contribution in [0.1, 0.15) is 31.1 Å². The molecule has 8 heteroatoms. The lowest BCUT2D eigenvalue weighted by atomic mass is 9.94. The first-order chi connectivity index (χ1) is 11.1. The van der Waals surface area contributed by atoms with E-state index in [0.29, 0.717) is 12.8 Å². The third-order valence-electron chi connectivity index (χ3n) is 4.61. The molecule has 1 aliphatic rings. The lowest BCUT2D eigenvalue weighted by Crippen LogP contribution is -2.54. The van der Waals surface area contributed by atoms with Gasteiger partial charge in [0.1, 0.15) is 4.75 Å². The molecule has 24 heavy (non-hydrogen) atoms. The summed E-state index contributed by atoms with van der Waals surface area (Å²) in [5.41, 5.74) is -0.596. The molecule has 4 nitrogen and oxygen atoms in total.